The van der Waals surface area contributed by atoms with Crippen molar-refractivity contribution in [2.75, 3.05) is 39.3 Å². The molecule has 1 aliphatic heterocycles. The van der Waals surface area contributed by atoms with Crippen molar-refractivity contribution < 1.29 is 13.6 Å². The minimum Gasteiger partial charge on any atom is -0.356 e. The van der Waals surface area contributed by atoms with Crippen LogP contribution in [0.5, 0.6) is 0 Å². The highest BCUT2D eigenvalue weighted by Gasteiger charge is 2.45. The van der Waals surface area contributed by atoms with E-state index in [1.807, 2.05) is 0 Å². The molecule has 0 bridgehead atoms. The number of nitrogens with zero attached hydrogens (tertiary/aromatic N) is 1. The average molecular weight is 323 g/mol. The van der Waals surface area contributed by atoms with E-state index in [1.54, 1.807) is 6.07 Å². The number of hydrogen-bond acceptors (Lipinski definition) is 3. The summed E-state index contributed by atoms with van der Waals surface area (Å²) in [6, 6.07) is 4.17. The van der Waals surface area contributed by atoms with E-state index in [2.05, 4.69) is 15.5 Å². The second-order valence-electron chi connectivity index (χ2n) is 6.33. The molecule has 2 unspecified atom stereocenters. The number of rotatable bonds is 6. The first-order valence-corrected chi connectivity index (χ1v) is 8.31. The van der Waals surface area contributed by atoms with Gasteiger partial charge in [0, 0.05) is 38.6 Å². The lowest BCUT2D eigenvalue weighted by Gasteiger charge is -2.27. The molecule has 1 aliphatic carbocycles. The summed E-state index contributed by atoms with van der Waals surface area (Å²) in [5, 5.41) is 6.23. The molecule has 2 aliphatic rings. The number of hydrogen-bond donors (Lipinski definition) is 2. The Bertz CT molecular complexity index is 561. The molecule has 0 radical (unpaired) electrons. The average Bonchev–Trinajstić information content (AvgIpc) is 3.35. The quantitative estimate of drug-likeness (QED) is 0.780. The van der Waals surface area contributed by atoms with Gasteiger partial charge in [0.15, 0.2) is 11.6 Å². The Balaban J connectivity index is 1.39. The van der Waals surface area contributed by atoms with Crippen LogP contribution in [-0.2, 0) is 4.79 Å². The fourth-order valence-electron chi connectivity index (χ4n) is 3.22. The van der Waals surface area contributed by atoms with Crippen molar-refractivity contribution in [3.63, 3.8) is 0 Å². The van der Waals surface area contributed by atoms with Crippen LogP contribution in [0.3, 0.4) is 0 Å². The van der Waals surface area contributed by atoms with Crippen LogP contribution in [-0.4, -0.2) is 50.1 Å². The highest BCUT2D eigenvalue weighted by molar-refractivity contribution is 5.82. The summed E-state index contributed by atoms with van der Waals surface area (Å²) in [7, 11) is 0. The summed E-state index contributed by atoms with van der Waals surface area (Å²) >= 11 is 0. The molecule has 2 atom stereocenters. The van der Waals surface area contributed by atoms with Gasteiger partial charge in [-0.15, -0.1) is 0 Å². The topological polar surface area (TPSA) is 44.4 Å². The van der Waals surface area contributed by atoms with Crippen LogP contribution in [0.1, 0.15) is 24.3 Å². The van der Waals surface area contributed by atoms with Gasteiger partial charge in [0.05, 0.1) is 0 Å². The zero-order valence-corrected chi connectivity index (χ0v) is 13.2. The third kappa shape index (κ3) is 4.06. The first-order chi connectivity index (χ1) is 11.2. The van der Waals surface area contributed by atoms with E-state index in [-0.39, 0.29) is 17.7 Å². The second-order valence-corrected chi connectivity index (χ2v) is 6.33. The van der Waals surface area contributed by atoms with Crippen molar-refractivity contribution in [2.24, 2.45) is 5.92 Å². The Morgan fingerprint density at radius 2 is 2.09 bits per heavy atom. The van der Waals surface area contributed by atoms with Crippen molar-refractivity contribution in [1.82, 2.24) is 15.5 Å². The van der Waals surface area contributed by atoms with Gasteiger partial charge in [0.25, 0.3) is 0 Å². The predicted molar refractivity (Wildman–Crippen MR) is 84.1 cm³/mol. The molecule has 2 fully saturated rings. The number of piperazine rings is 1. The van der Waals surface area contributed by atoms with E-state index in [9.17, 15) is 13.6 Å². The monoisotopic (exact) mass is 323 g/mol. The van der Waals surface area contributed by atoms with Gasteiger partial charge in [-0.3, -0.25) is 4.79 Å². The van der Waals surface area contributed by atoms with Gasteiger partial charge >= 0.3 is 0 Å². The molecule has 6 heteroatoms. The third-order valence-corrected chi connectivity index (χ3v) is 4.67. The van der Waals surface area contributed by atoms with E-state index in [0.29, 0.717) is 18.5 Å². The number of benzene rings is 1. The fraction of sp³-hybridized carbons (Fsp3) is 0.588. The van der Waals surface area contributed by atoms with E-state index < -0.39 is 11.6 Å². The van der Waals surface area contributed by atoms with Crippen LogP contribution in [0, 0.1) is 17.6 Å². The normalized spacial score (nSPS) is 24.4. The number of halogens is 2. The molecular weight excluding hydrogens is 300 g/mol. The SMILES string of the molecule is O=C(NCCCN1CCNCC1)C1CC1c1cccc(F)c1F. The maximum Gasteiger partial charge on any atom is 0.223 e. The summed E-state index contributed by atoms with van der Waals surface area (Å²) in [6.07, 6.45) is 1.52. The van der Waals surface area contributed by atoms with Crippen LogP contribution in [0.25, 0.3) is 0 Å². The molecule has 1 heterocycles. The van der Waals surface area contributed by atoms with Crippen molar-refractivity contribution >= 4 is 5.91 Å². The smallest absolute Gasteiger partial charge is 0.223 e. The highest BCUT2D eigenvalue weighted by Crippen LogP contribution is 2.48. The second kappa shape index (κ2) is 7.36. The molecule has 1 saturated heterocycles. The van der Waals surface area contributed by atoms with Crippen molar-refractivity contribution in [3.05, 3.63) is 35.4 Å². The standard InChI is InChI=1S/C17H23F2N3O/c18-15-4-1-3-12(16(15)19)13-11-14(13)17(23)21-5-2-8-22-9-6-20-7-10-22/h1,3-4,13-14,20H,2,5-11H2,(H,21,23). The Labute approximate surface area is 135 Å². The van der Waals surface area contributed by atoms with Gasteiger partial charge in [-0.25, -0.2) is 8.78 Å². The van der Waals surface area contributed by atoms with Crippen molar-refractivity contribution in [2.45, 2.75) is 18.8 Å². The summed E-state index contributed by atoms with van der Waals surface area (Å²) in [5.41, 5.74) is 0.325. The van der Waals surface area contributed by atoms with Crippen LogP contribution >= 0.6 is 0 Å². The Morgan fingerprint density at radius 3 is 2.87 bits per heavy atom. The van der Waals surface area contributed by atoms with Crippen molar-refractivity contribution in [3.8, 4) is 0 Å². The number of carbonyl (C=O) groups is 1. The Morgan fingerprint density at radius 1 is 1.30 bits per heavy atom. The summed E-state index contributed by atoms with van der Waals surface area (Å²) in [5.74, 6) is -2.10. The maximum atomic E-state index is 13.7. The molecule has 1 aromatic carbocycles. The molecule has 1 amide bonds. The van der Waals surface area contributed by atoms with Crippen molar-refractivity contribution in [1.29, 1.82) is 0 Å². The highest BCUT2D eigenvalue weighted by atomic mass is 19.2. The molecule has 4 nitrogen and oxygen atoms in total. The first kappa shape index (κ1) is 16.3. The minimum atomic E-state index is -0.843. The zero-order chi connectivity index (χ0) is 16.2. The molecule has 1 saturated carbocycles. The predicted octanol–water partition coefficient (Wildman–Crippen LogP) is 1.48. The molecule has 1 aromatic rings. The van der Waals surface area contributed by atoms with E-state index in [1.165, 1.54) is 6.07 Å². The lowest BCUT2D eigenvalue weighted by molar-refractivity contribution is -0.122. The molecule has 126 valence electrons. The molecule has 0 aromatic heterocycles. The van der Waals surface area contributed by atoms with Crippen LogP contribution in [0.2, 0.25) is 0 Å². The van der Waals surface area contributed by atoms with Crippen LogP contribution in [0.4, 0.5) is 8.78 Å². The molecule has 0 spiro atoms. The molecule has 3 rings (SSSR count). The van der Waals surface area contributed by atoms with Crippen LogP contribution < -0.4 is 10.6 Å². The van der Waals surface area contributed by atoms with Gasteiger partial charge < -0.3 is 15.5 Å². The molecule has 23 heavy (non-hydrogen) atoms. The number of nitrogens with one attached hydrogen (secondary N) is 2. The largest absolute Gasteiger partial charge is 0.356 e. The zero-order valence-electron chi connectivity index (χ0n) is 13.2. The van der Waals surface area contributed by atoms with Gasteiger partial charge in [-0.2, -0.15) is 0 Å². The van der Waals surface area contributed by atoms with E-state index in [4.69, 9.17) is 0 Å². The lowest BCUT2D eigenvalue weighted by Crippen LogP contribution is -2.44. The molecule has 2 N–H and O–H groups in total. The lowest BCUT2D eigenvalue weighted by atomic mass is 10.1. The molecular formula is C17H23F2N3O. The summed E-state index contributed by atoms with van der Waals surface area (Å²) in [6.45, 7) is 5.77. The summed E-state index contributed by atoms with van der Waals surface area (Å²) in [4.78, 5) is 14.5. The van der Waals surface area contributed by atoms with E-state index >= 15 is 0 Å². The van der Waals surface area contributed by atoms with Crippen LogP contribution in [0.15, 0.2) is 18.2 Å². The van der Waals surface area contributed by atoms with Gasteiger partial charge in [-0.05, 0) is 36.9 Å². The Kier molecular flexibility index (Phi) is 5.23. The first-order valence-electron chi connectivity index (χ1n) is 8.31. The number of amides is 1. The van der Waals surface area contributed by atoms with Gasteiger partial charge in [-0.1, -0.05) is 12.1 Å². The fourth-order valence-corrected chi connectivity index (χ4v) is 3.22. The Hall–Kier alpha value is -1.53. The number of carbonyl (C=O) groups excluding carboxylic acids is 1. The van der Waals surface area contributed by atoms with Gasteiger partial charge in [0.1, 0.15) is 0 Å². The van der Waals surface area contributed by atoms with E-state index in [0.717, 1.165) is 45.2 Å². The van der Waals surface area contributed by atoms with Gasteiger partial charge in [0.2, 0.25) is 5.91 Å². The third-order valence-electron chi connectivity index (χ3n) is 4.67. The minimum absolute atomic E-state index is 0.0426. The summed E-state index contributed by atoms with van der Waals surface area (Å²) < 4.78 is 27.0. The maximum absolute atomic E-state index is 13.7.